The maximum atomic E-state index is 5.74. The predicted octanol–water partition coefficient (Wildman–Crippen LogP) is 5.35. The zero-order valence-corrected chi connectivity index (χ0v) is 15.1. The molecule has 3 rings (SSSR count). The van der Waals surface area contributed by atoms with Gasteiger partial charge in [-0.2, -0.15) is 0 Å². The number of rotatable bonds is 9. The number of ether oxygens (including phenoxy) is 3. The van der Waals surface area contributed by atoms with E-state index < -0.39 is 0 Å². The Morgan fingerprint density at radius 2 is 1.19 bits per heavy atom. The molecule has 0 saturated carbocycles. The van der Waals surface area contributed by atoms with E-state index in [1.165, 1.54) is 5.56 Å². The summed E-state index contributed by atoms with van der Waals surface area (Å²) in [6.45, 7) is 4.38. The molecule has 0 spiro atoms. The molecule has 0 heterocycles. The van der Waals surface area contributed by atoms with Gasteiger partial charge in [0.05, 0.1) is 19.8 Å². The lowest BCUT2D eigenvalue weighted by Crippen LogP contribution is -2.06. The van der Waals surface area contributed by atoms with E-state index in [1.807, 2.05) is 49.4 Å². The van der Waals surface area contributed by atoms with E-state index >= 15 is 0 Å². The van der Waals surface area contributed by atoms with Crippen molar-refractivity contribution in [2.45, 2.75) is 13.5 Å². The van der Waals surface area contributed by atoms with Crippen LogP contribution in [0.5, 0.6) is 11.5 Å². The highest BCUT2D eigenvalue weighted by atomic mass is 16.5. The van der Waals surface area contributed by atoms with Crippen LogP contribution >= 0.6 is 0 Å². The molecule has 0 aliphatic heterocycles. The highest BCUT2D eigenvalue weighted by molar-refractivity contribution is 5.64. The van der Waals surface area contributed by atoms with E-state index in [0.717, 1.165) is 22.6 Å². The van der Waals surface area contributed by atoms with Gasteiger partial charge in [-0.1, -0.05) is 54.6 Å². The predicted molar refractivity (Wildman–Crippen MR) is 105 cm³/mol. The fourth-order valence-electron chi connectivity index (χ4n) is 2.64. The summed E-state index contributed by atoms with van der Waals surface area (Å²) >= 11 is 0. The van der Waals surface area contributed by atoms with Crippen LogP contribution in [0, 0.1) is 0 Å². The standard InChI is InChI=1S/C23H24O3/c1-2-25-22-12-8-20(9-13-22)21-10-14-23(15-11-21)26-17-16-24-18-19-6-4-3-5-7-19/h3-15H,2,16-18H2,1H3. The molecule has 3 aromatic rings. The monoisotopic (exact) mass is 348 g/mol. The molecular formula is C23H24O3. The van der Waals surface area contributed by atoms with Crippen LogP contribution < -0.4 is 9.47 Å². The van der Waals surface area contributed by atoms with Gasteiger partial charge in [-0.3, -0.25) is 0 Å². The first-order valence-corrected chi connectivity index (χ1v) is 8.93. The van der Waals surface area contributed by atoms with Crippen molar-refractivity contribution in [1.29, 1.82) is 0 Å². The largest absolute Gasteiger partial charge is 0.494 e. The van der Waals surface area contributed by atoms with Gasteiger partial charge in [-0.25, -0.2) is 0 Å². The van der Waals surface area contributed by atoms with Gasteiger partial charge in [0.25, 0.3) is 0 Å². The van der Waals surface area contributed by atoms with Crippen molar-refractivity contribution in [3.05, 3.63) is 84.4 Å². The van der Waals surface area contributed by atoms with Crippen LogP contribution in [0.1, 0.15) is 12.5 Å². The summed E-state index contributed by atoms with van der Waals surface area (Å²) in [5.41, 5.74) is 3.49. The Labute approximate surface area is 155 Å². The van der Waals surface area contributed by atoms with Crippen molar-refractivity contribution in [3.8, 4) is 22.6 Å². The van der Waals surface area contributed by atoms with Gasteiger partial charge in [0.15, 0.2) is 0 Å². The molecule has 0 aliphatic carbocycles. The smallest absolute Gasteiger partial charge is 0.119 e. The third-order valence-electron chi connectivity index (χ3n) is 3.96. The summed E-state index contributed by atoms with van der Waals surface area (Å²) in [4.78, 5) is 0. The zero-order valence-electron chi connectivity index (χ0n) is 15.1. The van der Waals surface area contributed by atoms with Gasteiger partial charge in [-0.15, -0.1) is 0 Å². The minimum absolute atomic E-state index is 0.537. The van der Waals surface area contributed by atoms with Crippen molar-refractivity contribution in [2.75, 3.05) is 19.8 Å². The van der Waals surface area contributed by atoms with E-state index in [-0.39, 0.29) is 0 Å². The fourth-order valence-corrected chi connectivity index (χ4v) is 2.64. The molecular weight excluding hydrogens is 324 g/mol. The minimum atomic E-state index is 0.537. The number of hydrogen-bond donors (Lipinski definition) is 0. The maximum Gasteiger partial charge on any atom is 0.119 e. The van der Waals surface area contributed by atoms with Crippen molar-refractivity contribution in [3.63, 3.8) is 0 Å². The molecule has 0 N–H and O–H groups in total. The van der Waals surface area contributed by atoms with E-state index in [2.05, 4.69) is 36.4 Å². The van der Waals surface area contributed by atoms with E-state index in [9.17, 15) is 0 Å². The van der Waals surface area contributed by atoms with Crippen LogP contribution in [-0.4, -0.2) is 19.8 Å². The molecule has 0 saturated heterocycles. The SMILES string of the molecule is CCOc1ccc(-c2ccc(OCCOCc3ccccc3)cc2)cc1. The molecule has 3 aromatic carbocycles. The Bertz CT molecular complexity index is 765. The minimum Gasteiger partial charge on any atom is -0.494 e. The molecule has 0 radical (unpaired) electrons. The summed E-state index contributed by atoms with van der Waals surface area (Å²) in [5, 5.41) is 0. The third kappa shape index (κ3) is 5.36. The lowest BCUT2D eigenvalue weighted by atomic mass is 10.1. The van der Waals surface area contributed by atoms with Crippen molar-refractivity contribution in [2.24, 2.45) is 0 Å². The molecule has 0 unspecified atom stereocenters. The topological polar surface area (TPSA) is 27.7 Å². The normalized spacial score (nSPS) is 10.5. The molecule has 134 valence electrons. The maximum absolute atomic E-state index is 5.74. The van der Waals surface area contributed by atoms with Gasteiger partial charge < -0.3 is 14.2 Å². The molecule has 0 aliphatic rings. The van der Waals surface area contributed by atoms with Gasteiger partial charge in [0.2, 0.25) is 0 Å². The lowest BCUT2D eigenvalue weighted by molar-refractivity contribution is 0.0889. The van der Waals surface area contributed by atoms with Crippen LogP contribution in [-0.2, 0) is 11.3 Å². The second kappa shape index (κ2) is 9.64. The molecule has 0 amide bonds. The lowest BCUT2D eigenvalue weighted by Gasteiger charge is -2.09. The summed E-state index contributed by atoms with van der Waals surface area (Å²) < 4.78 is 16.8. The summed E-state index contributed by atoms with van der Waals surface area (Å²) in [6.07, 6.45) is 0. The first-order valence-electron chi connectivity index (χ1n) is 8.93. The second-order valence-electron chi connectivity index (χ2n) is 5.87. The molecule has 0 atom stereocenters. The molecule has 3 nitrogen and oxygen atoms in total. The summed E-state index contributed by atoms with van der Waals surface area (Å²) in [6, 6.07) is 26.4. The fraction of sp³-hybridized carbons (Fsp3) is 0.217. The van der Waals surface area contributed by atoms with Crippen LogP contribution in [0.15, 0.2) is 78.9 Å². The van der Waals surface area contributed by atoms with Gasteiger partial charge in [0.1, 0.15) is 18.1 Å². The zero-order chi connectivity index (χ0) is 18.0. The van der Waals surface area contributed by atoms with Crippen molar-refractivity contribution < 1.29 is 14.2 Å². The Hall–Kier alpha value is -2.78. The highest BCUT2D eigenvalue weighted by Crippen LogP contribution is 2.24. The number of hydrogen-bond acceptors (Lipinski definition) is 3. The molecule has 0 fully saturated rings. The Morgan fingerprint density at radius 3 is 1.77 bits per heavy atom. The first-order chi connectivity index (χ1) is 12.8. The average molecular weight is 348 g/mol. The Morgan fingerprint density at radius 1 is 0.615 bits per heavy atom. The highest BCUT2D eigenvalue weighted by Gasteiger charge is 2.00. The molecule has 0 aromatic heterocycles. The first kappa shape index (κ1) is 18.0. The number of benzene rings is 3. The Kier molecular flexibility index (Phi) is 6.68. The quantitative estimate of drug-likeness (QED) is 0.488. The van der Waals surface area contributed by atoms with Crippen LogP contribution in [0.2, 0.25) is 0 Å². The van der Waals surface area contributed by atoms with Crippen molar-refractivity contribution in [1.82, 2.24) is 0 Å². The van der Waals surface area contributed by atoms with E-state index in [4.69, 9.17) is 14.2 Å². The van der Waals surface area contributed by atoms with Crippen LogP contribution in [0.25, 0.3) is 11.1 Å². The van der Waals surface area contributed by atoms with Crippen molar-refractivity contribution >= 4 is 0 Å². The molecule has 0 bridgehead atoms. The molecule has 3 heteroatoms. The van der Waals surface area contributed by atoms with Gasteiger partial charge in [0, 0.05) is 0 Å². The summed E-state index contributed by atoms with van der Waals surface area (Å²) in [5.74, 6) is 1.75. The average Bonchev–Trinajstić information content (AvgIpc) is 2.70. The van der Waals surface area contributed by atoms with Crippen LogP contribution in [0.3, 0.4) is 0 Å². The summed E-state index contributed by atoms with van der Waals surface area (Å²) in [7, 11) is 0. The Balaban J connectivity index is 1.44. The molecule has 26 heavy (non-hydrogen) atoms. The van der Waals surface area contributed by atoms with E-state index in [0.29, 0.717) is 26.4 Å². The van der Waals surface area contributed by atoms with Crippen LogP contribution in [0.4, 0.5) is 0 Å². The second-order valence-corrected chi connectivity index (χ2v) is 5.87. The van der Waals surface area contributed by atoms with Gasteiger partial charge in [-0.05, 0) is 47.9 Å². The van der Waals surface area contributed by atoms with E-state index in [1.54, 1.807) is 0 Å². The van der Waals surface area contributed by atoms with Gasteiger partial charge >= 0.3 is 0 Å². The third-order valence-corrected chi connectivity index (χ3v) is 3.96.